The van der Waals surface area contributed by atoms with Crippen molar-refractivity contribution in [2.45, 2.75) is 0 Å². The van der Waals surface area contributed by atoms with Crippen molar-refractivity contribution < 1.29 is 9.13 Å². The van der Waals surface area contributed by atoms with E-state index in [1.54, 1.807) is 0 Å². The average molecular weight is 244 g/mol. The van der Waals surface area contributed by atoms with E-state index in [-0.39, 0.29) is 0 Å². The zero-order valence-electron chi connectivity index (χ0n) is 9.51. The first kappa shape index (κ1) is 11.8. The van der Waals surface area contributed by atoms with Gasteiger partial charge in [-0.15, -0.1) is 5.10 Å². The van der Waals surface area contributed by atoms with Crippen molar-refractivity contribution in [3.8, 4) is 11.8 Å². The number of hydrogen-bond donors (Lipinski definition) is 1. The van der Waals surface area contributed by atoms with Crippen LogP contribution in [0, 0.1) is 17.1 Å². The van der Waals surface area contributed by atoms with E-state index in [2.05, 4.69) is 15.5 Å². The molecule has 0 unspecified atom stereocenters. The second kappa shape index (κ2) is 5.10. The van der Waals surface area contributed by atoms with Gasteiger partial charge in [-0.1, -0.05) is 0 Å². The molecule has 1 N–H and O–H groups in total. The SMILES string of the molecule is COc1cc(F)ccc1Nc1nnccc1C#N. The topological polar surface area (TPSA) is 70.8 Å². The normalized spacial score (nSPS) is 9.61. The van der Waals surface area contributed by atoms with Crippen LogP contribution in [0.4, 0.5) is 15.9 Å². The number of nitriles is 1. The highest BCUT2D eigenvalue weighted by Gasteiger charge is 2.08. The molecule has 0 amide bonds. The summed E-state index contributed by atoms with van der Waals surface area (Å²) in [5, 5.41) is 19.3. The van der Waals surface area contributed by atoms with E-state index < -0.39 is 5.82 Å². The van der Waals surface area contributed by atoms with Crippen LogP contribution in [0.3, 0.4) is 0 Å². The van der Waals surface area contributed by atoms with Crippen LogP contribution < -0.4 is 10.1 Å². The van der Waals surface area contributed by atoms with Gasteiger partial charge >= 0.3 is 0 Å². The maximum absolute atomic E-state index is 13.0. The number of anilines is 2. The van der Waals surface area contributed by atoms with E-state index >= 15 is 0 Å². The number of rotatable bonds is 3. The molecular formula is C12H9FN4O. The summed E-state index contributed by atoms with van der Waals surface area (Å²) in [6.45, 7) is 0. The number of hydrogen-bond acceptors (Lipinski definition) is 5. The molecule has 0 aliphatic heterocycles. The minimum atomic E-state index is -0.406. The van der Waals surface area contributed by atoms with Crippen LogP contribution in [-0.4, -0.2) is 17.3 Å². The Labute approximate surface area is 103 Å². The zero-order valence-corrected chi connectivity index (χ0v) is 9.51. The predicted octanol–water partition coefficient (Wildman–Crippen LogP) is 2.24. The monoisotopic (exact) mass is 244 g/mol. The van der Waals surface area contributed by atoms with Gasteiger partial charge in [0.15, 0.2) is 5.82 Å². The summed E-state index contributed by atoms with van der Waals surface area (Å²) in [4.78, 5) is 0. The van der Waals surface area contributed by atoms with Gasteiger partial charge in [0.2, 0.25) is 0 Å². The smallest absolute Gasteiger partial charge is 0.171 e. The third-order valence-electron chi connectivity index (χ3n) is 2.26. The standard InChI is InChI=1S/C12H9FN4O/c1-18-11-6-9(13)2-3-10(11)16-12-8(7-14)4-5-15-17-12/h2-6H,1H3,(H,16,17). The van der Waals surface area contributed by atoms with Crippen LogP contribution in [0.25, 0.3) is 0 Å². The van der Waals surface area contributed by atoms with Crippen molar-refractivity contribution in [2.75, 3.05) is 12.4 Å². The number of halogens is 1. The van der Waals surface area contributed by atoms with E-state index in [1.807, 2.05) is 6.07 Å². The molecule has 0 saturated heterocycles. The Balaban J connectivity index is 2.37. The summed E-state index contributed by atoms with van der Waals surface area (Å²) in [5.41, 5.74) is 0.854. The molecule has 5 nitrogen and oxygen atoms in total. The lowest BCUT2D eigenvalue weighted by atomic mass is 10.2. The van der Waals surface area contributed by atoms with Gasteiger partial charge in [0, 0.05) is 6.07 Å². The van der Waals surface area contributed by atoms with Gasteiger partial charge in [0.25, 0.3) is 0 Å². The van der Waals surface area contributed by atoms with Gasteiger partial charge in [0.1, 0.15) is 17.6 Å². The largest absolute Gasteiger partial charge is 0.494 e. The van der Waals surface area contributed by atoms with Crippen molar-refractivity contribution in [1.29, 1.82) is 5.26 Å². The molecule has 1 heterocycles. The summed E-state index contributed by atoms with van der Waals surface area (Å²) in [5.74, 6) is 0.214. The van der Waals surface area contributed by atoms with Crippen LogP contribution in [0.15, 0.2) is 30.5 Å². The molecule has 1 aromatic heterocycles. The van der Waals surface area contributed by atoms with Crippen LogP contribution in [-0.2, 0) is 0 Å². The second-order valence-corrected chi connectivity index (χ2v) is 3.37. The van der Waals surface area contributed by atoms with E-state index in [0.29, 0.717) is 22.8 Å². The van der Waals surface area contributed by atoms with Crippen LogP contribution in [0.2, 0.25) is 0 Å². The number of methoxy groups -OCH3 is 1. The molecule has 1 aromatic carbocycles. The van der Waals surface area contributed by atoms with Gasteiger partial charge in [-0.3, -0.25) is 0 Å². The molecule has 0 aliphatic rings. The molecule has 0 fully saturated rings. The fraction of sp³-hybridized carbons (Fsp3) is 0.0833. The summed E-state index contributed by atoms with van der Waals surface area (Å²) < 4.78 is 18.1. The summed E-state index contributed by atoms with van der Waals surface area (Å²) in [6.07, 6.45) is 1.42. The fourth-order valence-electron chi connectivity index (χ4n) is 1.41. The predicted molar refractivity (Wildman–Crippen MR) is 63.0 cm³/mol. The van der Waals surface area contributed by atoms with Crippen molar-refractivity contribution >= 4 is 11.5 Å². The Morgan fingerprint density at radius 3 is 2.94 bits per heavy atom. The number of ether oxygens (including phenoxy) is 1. The lowest BCUT2D eigenvalue weighted by Gasteiger charge is -2.10. The maximum Gasteiger partial charge on any atom is 0.171 e. The van der Waals surface area contributed by atoms with Gasteiger partial charge in [0.05, 0.1) is 24.6 Å². The second-order valence-electron chi connectivity index (χ2n) is 3.37. The van der Waals surface area contributed by atoms with E-state index in [1.165, 1.54) is 37.6 Å². The first-order chi connectivity index (χ1) is 8.74. The Bertz CT molecular complexity index is 609. The van der Waals surface area contributed by atoms with Crippen molar-refractivity contribution in [2.24, 2.45) is 0 Å². The molecule has 0 bridgehead atoms. The van der Waals surface area contributed by atoms with Gasteiger partial charge in [-0.25, -0.2) is 4.39 Å². The molecule has 0 radical (unpaired) electrons. The molecule has 2 aromatic rings. The molecule has 6 heteroatoms. The van der Waals surface area contributed by atoms with Gasteiger partial charge in [-0.05, 0) is 18.2 Å². The Kier molecular flexibility index (Phi) is 3.34. The van der Waals surface area contributed by atoms with Crippen LogP contribution in [0.1, 0.15) is 5.56 Å². The minimum Gasteiger partial charge on any atom is -0.494 e. The van der Waals surface area contributed by atoms with Crippen molar-refractivity contribution in [3.63, 3.8) is 0 Å². The van der Waals surface area contributed by atoms with Crippen LogP contribution >= 0.6 is 0 Å². The van der Waals surface area contributed by atoms with Crippen molar-refractivity contribution in [1.82, 2.24) is 10.2 Å². The number of benzene rings is 1. The molecule has 0 aliphatic carbocycles. The highest BCUT2D eigenvalue weighted by molar-refractivity contribution is 5.67. The first-order valence-corrected chi connectivity index (χ1v) is 5.07. The fourth-order valence-corrected chi connectivity index (χ4v) is 1.41. The van der Waals surface area contributed by atoms with E-state index in [4.69, 9.17) is 10.00 Å². The molecule has 90 valence electrons. The minimum absolute atomic E-state index is 0.296. The van der Waals surface area contributed by atoms with Crippen molar-refractivity contribution in [3.05, 3.63) is 41.8 Å². The first-order valence-electron chi connectivity index (χ1n) is 5.07. The van der Waals surface area contributed by atoms with E-state index in [0.717, 1.165) is 0 Å². The highest BCUT2D eigenvalue weighted by Crippen LogP contribution is 2.28. The van der Waals surface area contributed by atoms with E-state index in [9.17, 15) is 4.39 Å². The third-order valence-corrected chi connectivity index (χ3v) is 2.26. The number of nitrogens with zero attached hydrogens (tertiary/aromatic N) is 3. The molecule has 0 atom stereocenters. The Morgan fingerprint density at radius 2 is 2.22 bits per heavy atom. The number of nitrogens with one attached hydrogen (secondary N) is 1. The lowest BCUT2D eigenvalue weighted by Crippen LogP contribution is -2.00. The molecule has 0 spiro atoms. The average Bonchev–Trinajstić information content (AvgIpc) is 2.41. The molecular weight excluding hydrogens is 235 g/mol. The quantitative estimate of drug-likeness (QED) is 0.896. The zero-order chi connectivity index (χ0) is 13.0. The third kappa shape index (κ3) is 2.35. The summed E-state index contributed by atoms with van der Waals surface area (Å²) in [6, 6.07) is 7.55. The van der Waals surface area contributed by atoms with Gasteiger partial charge < -0.3 is 10.1 Å². The van der Waals surface area contributed by atoms with Gasteiger partial charge in [-0.2, -0.15) is 10.4 Å². The number of aromatic nitrogens is 2. The maximum atomic E-state index is 13.0. The summed E-state index contributed by atoms with van der Waals surface area (Å²) >= 11 is 0. The molecule has 18 heavy (non-hydrogen) atoms. The van der Waals surface area contributed by atoms with Crippen LogP contribution in [0.5, 0.6) is 5.75 Å². The molecule has 0 saturated carbocycles. The lowest BCUT2D eigenvalue weighted by molar-refractivity contribution is 0.413. The highest BCUT2D eigenvalue weighted by atomic mass is 19.1. The molecule has 2 rings (SSSR count). The Hall–Kier alpha value is -2.68. The Morgan fingerprint density at radius 1 is 1.39 bits per heavy atom. The summed E-state index contributed by atoms with van der Waals surface area (Å²) in [7, 11) is 1.43.